The van der Waals surface area contributed by atoms with Crippen molar-refractivity contribution in [3.05, 3.63) is 112 Å². The van der Waals surface area contributed by atoms with E-state index in [1.807, 2.05) is 30.3 Å². The smallest absolute Gasteiger partial charge is 0.244 e. The van der Waals surface area contributed by atoms with Crippen LogP contribution in [0.15, 0.2) is 85.2 Å². The summed E-state index contributed by atoms with van der Waals surface area (Å²) in [6.45, 7) is 3.76. The number of hydrogen-bond donors (Lipinski definition) is 1. The van der Waals surface area contributed by atoms with E-state index < -0.39 is 19.3 Å². The summed E-state index contributed by atoms with van der Waals surface area (Å²) in [5, 5.41) is 14.6. The van der Waals surface area contributed by atoms with Crippen LogP contribution >= 0.6 is 19.0 Å². The maximum absolute atomic E-state index is 13.5. The van der Waals surface area contributed by atoms with E-state index in [1.54, 1.807) is 62.1 Å². The molecule has 2 atom stereocenters. The highest BCUT2D eigenvalue weighted by Crippen LogP contribution is 2.43. The minimum atomic E-state index is -2.68. The molecule has 1 aromatic heterocycles. The summed E-state index contributed by atoms with van der Waals surface area (Å²) in [6, 6.07) is 20.7. The topological polar surface area (TPSA) is 133 Å². The number of Topliss-reactive ketones (excluding diaryl/α,β-unsaturated/α-hetero) is 2. The van der Waals surface area contributed by atoms with Crippen molar-refractivity contribution in [2.45, 2.75) is 38.6 Å². The highest BCUT2D eigenvalue weighted by molar-refractivity contribution is 7.58. The van der Waals surface area contributed by atoms with E-state index in [0.717, 1.165) is 11.1 Å². The van der Waals surface area contributed by atoms with Crippen LogP contribution < -0.4 is 5.32 Å². The largest absolute Gasteiger partial charge is 0.342 e. The second kappa shape index (κ2) is 16.2. The Morgan fingerprint density at radius 2 is 1.80 bits per heavy atom. The van der Waals surface area contributed by atoms with Gasteiger partial charge in [0.25, 0.3) is 0 Å². The van der Waals surface area contributed by atoms with Crippen LogP contribution in [-0.2, 0) is 31.5 Å². The fourth-order valence-electron chi connectivity index (χ4n) is 4.76. The molecule has 234 valence electrons. The number of rotatable bonds is 16. The Balaban J connectivity index is 1.42. The maximum Gasteiger partial charge on any atom is 0.244 e. The average molecular weight is 648 g/mol. The van der Waals surface area contributed by atoms with Gasteiger partial charge < -0.3 is 9.84 Å². The van der Waals surface area contributed by atoms with Gasteiger partial charge in [-0.25, -0.2) is 0 Å². The summed E-state index contributed by atoms with van der Waals surface area (Å²) < 4.78 is 19.0. The first-order chi connectivity index (χ1) is 21.6. The molecule has 0 aliphatic carbocycles. The minimum Gasteiger partial charge on any atom is -0.342 e. The molecule has 4 aromatic rings. The number of carbonyl (C=O) groups excluding carboxylic acids is 3. The molecule has 12 heteroatoms. The third-order valence-corrected chi connectivity index (χ3v) is 9.18. The van der Waals surface area contributed by atoms with Gasteiger partial charge in [0.2, 0.25) is 5.91 Å². The van der Waals surface area contributed by atoms with Gasteiger partial charge in [0.1, 0.15) is 6.33 Å². The SMILES string of the molecule is CCOP(C)(=O)CCCC(=O)c1ccc(CC(=O)[C@H](Cc2ccccc2)NC(=O)/C=C/c2cc(Cl)ccc2-n2cnnn2)cc1. The molecular formula is C33H35ClN5O5P. The van der Waals surface area contributed by atoms with Crippen molar-refractivity contribution in [3.63, 3.8) is 0 Å². The van der Waals surface area contributed by atoms with Gasteiger partial charge in [-0.2, -0.15) is 4.68 Å². The van der Waals surface area contributed by atoms with E-state index in [-0.39, 0.29) is 24.4 Å². The predicted octanol–water partition coefficient (Wildman–Crippen LogP) is 5.78. The third-order valence-electron chi connectivity index (χ3n) is 7.01. The van der Waals surface area contributed by atoms with Crippen LogP contribution in [0.3, 0.4) is 0 Å². The van der Waals surface area contributed by atoms with Crippen molar-refractivity contribution in [2.24, 2.45) is 0 Å². The molecule has 1 amide bonds. The quantitative estimate of drug-likeness (QED) is 0.0920. The van der Waals surface area contributed by atoms with Gasteiger partial charge in [-0.15, -0.1) is 5.10 Å². The Bertz CT molecular complexity index is 1680. The van der Waals surface area contributed by atoms with Gasteiger partial charge in [-0.3, -0.25) is 18.9 Å². The van der Waals surface area contributed by atoms with Gasteiger partial charge >= 0.3 is 0 Å². The summed E-state index contributed by atoms with van der Waals surface area (Å²) in [5.41, 5.74) is 3.39. The van der Waals surface area contributed by atoms with Crippen molar-refractivity contribution in [2.75, 3.05) is 19.4 Å². The summed E-state index contributed by atoms with van der Waals surface area (Å²) in [7, 11) is -2.68. The number of tetrazole rings is 1. The molecule has 0 saturated carbocycles. The molecule has 4 rings (SSSR count). The normalized spacial score (nSPS) is 13.3. The van der Waals surface area contributed by atoms with Crippen LogP contribution in [0.4, 0.5) is 0 Å². The molecular weight excluding hydrogens is 613 g/mol. The molecule has 3 aromatic carbocycles. The number of benzene rings is 3. The van der Waals surface area contributed by atoms with E-state index in [2.05, 4.69) is 20.8 Å². The average Bonchev–Trinajstić information content (AvgIpc) is 3.55. The highest BCUT2D eigenvalue weighted by Gasteiger charge is 2.21. The summed E-state index contributed by atoms with van der Waals surface area (Å²) in [5.74, 6) is -0.686. The zero-order chi connectivity index (χ0) is 32.2. The molecule has 10 nitrogen and oxygen atoms in total. The van der Waals surface area contributed by atoms with E-state index in [4.69, 9.17) is 16.1 Å². The molecule has 0 bridgehead atoms. The molecule has 1 heterocycles. The number of nitrogens with zero attached hydrogens (tertiary/aromatic N) is 4. The van der Waals surface area contributed by atoms with E-state index >= 15 is 0 Å². The Kier molecular flexibility index (Phi) is 12.1. The fourth-order valence-corrected chi connectivity index (χ4v) is 6.35. The zero-order valence-electron chi connectivity index (χ0n) is 25.1. The van der Waals surface area contributed by atoms with E-state index in [9.17, 15) is 18.9 Å². The fraction of sp³-hybridized carbons (Fsp3) is 0.273. The number of halogens is 1. The minimum absolute atomic E-state index is 0.0617. The maximum atomic E-state index is 13.5. The van der Waals surface area contributed by atoms with Gasteiger partial charge in [0.15, 0.2) is 18.9 Å². The molecule has 0 saturated heterocycles. The molecule has 0 spiro atoms. The molecule has 1 N–H and O–H groups in total. The van der Waals surface area contributed by atoms with Crippen molar-refractivity contribution in [1.82, 2.24) is 25.5 Å². The Morgan fingerprint density at radius 1 is 1.04 bits per heavy atom. The lowest BCUT2D eigenvalue weighted by atomic mass is 9.96. The first-order valence-electron chi connectivity index (χ1n) is 14.5. The molecule has 0 aliphatic rings. The summed E-state index contributed by atoms with van der Waals surface area (Å²) in [4.78, 5) is 39.2. The monoisotopic (exact) mass is 647 g/mol. The predicted molar refractivity (Wildman–Crippen MR) is 174 cm³/mol. The summed E-state index contributed by atoms with van der Waals surface area (Å²) in [6.07, 6.45) is 5.83. The van der Waals surface area contributed by atoms with Crippen molar-refractivity contribution >= 4 is 42.5 Å². The number of amides is 1. The van der Waals surface area contributed by atoms with Crippen LogP contribution in [0.2, 0.25) is 5.02 Å². The van der Waals surface area contributed by atoms with Gasteiger partial charge in [-0.1, -0.05) is 66.2 Å². The third kappa shape index (κ3) is 10.4. The lowest BCUT2D eigenvalue weighted by Crippen LogP contribution is -2.42. The molecule has 0 fully saturated rings. The van der Waals surface area contributed by atoms with Crippen LogP contribution in [0.25, 0.3) is 11.8 Å². The second-order valence-electron chi connectivity index (χ2n) is 10.6. The Labute approximate surface area is 267 Å². The number of nitrogens with one attached hydrogen (secondary N) is 1. The van der Waals surface area contributed by atoms with Crippen molar-refractivity contribution in [1.29, 1.82) is 0 Å². The Morgan fingerprint density at radius 3 is 2.49 bits per heavy atom. The van der Waals surface area contributed by atoms with Crippen LogP contribution in [0.5, 0.6) is 0 Å². The van der Waals surface area contributed by atoms with Gasteiger partial charge in [0, 0.05) is 47.9 Å². The number of aromatic nitrogens is 4. The first kappa shape index (κ1) is 33.6. The van der Waals surface area contributed by atoms with Crippen LogP contribution in [-0.4, -0.2) is 63.2 Å². The second-order valence-corrected chi connectivity index (χ2v) is 13.7. The lowest BCUT2D eigenvalue weighted by Gasteiger charge is -2.17. The van der Waals surface area contributed by atoms with Crippen LogP contribution in [0, 0.1) is 0 Å². The van der Waals surface area contributed by atoms with Crippen molar-refractivity contribution < 1.29 is 23.5 Å². The lowest BCUT2D eigenvalue weighted by molar-refractivity contribution is -0.125. The Hall–Kier alpha value is -4.24. The molecule has 0 radical (unpaired) electrons. The van der Waals surface area contributed by atoms with E-state index in [0.29, 0.717) is 47.4 Å². The molecule has 1 unspecified atom stereocenters. The number of ketones is 2. The standard InChI is InChI=1S/C33H35ClN5O5P/c1-3-44-45(2,43)19-7-10-31(40)26-13-11-25(12-14-26)21-32(41)29(20-24-8-5-4-6-9-24)36-33(42)18-15-27-22-28(34)16-17-30(27)39-23-35-37-38-39/h4-6,8-9,11-18,22-23,29H,3,7,10,19-21H2,1-2H3,(H,36,42)/b18-15+/t29-,45?/m0/s1. The number of hydrogen-bond acceptors (Lipinski definition) is 8. The van der Waals surface area contributed by atoms with Gasteiger partial charge in [-0.05, 0) is 65.6 Å². The first-order valence-corrected chi connectivity index (χ1v) is 17.2. The van der Waals surface area contributed by atoms with Gasteiger partial charge in [0.05, 0.1) is 18.3 Å². The van der Waals surface area contributed by atoms with Crippen LogP contribution in [0.1, 0.15) is 46.8 Å². The van der Waals surface area contributed by atoms with E-state index in [1.165, 1.54) is 17.1 Å². The zero-order valence-corrected chi connectivity index (χ0v) is 26.8. The number of carbonyl (C=O) groups is 3. The highest BCUT2D eigenvalue weighted by atomic mass is 35.5. The summed E-state index contributed by atoms with van der Waals surface area (Å²) >= 11 is 6.19. The molecule has 45 heavy (non-hydrogen) atoms. The van der Waals surface area contributed by atoms with Crippen molar-refractivity contribution in [3.8, 4) is 5.69 Å². The molecule has 0 aliphatic heterocycles.